The van der Waals surface area contributed by atoms with Crippen LogP contribution < -0.4 is 10.9 Å². The van der Waals surface area contributed by atoms with Crippen molar-refractivity contribution in [3.8, 4) is 0 Å². The monoisotopic (exact) mass is 403 g/mol. The Morgan fingerprint density at radius 2 is 1.90 bits per heavy atom. The van der Waals surface area contributed by atoms with E-state index in [4.69, 9.17) is 0 Å². The molecule has 0 fully saturated rings. The van der Waals surface area contributed by atoms with Crippen LogP contribution in [0.2, 0.25) is 0 Å². The summed E-state index contributed by atoms with van der Waals surface area (Å²) in [5.74, 6) is -0.138. The number of hydrogen-bond acceptors (Lipinski definition) is 4. The van der Waals surface area contributed by atoms with E-state index in [1.165, 1.54) is 10.9 Å². The van der Waals surface area contributed by atoms with Gasteiger partial charge in [-0.15, -0.1) is 0 Å². The molecule has 2 heterocycles. The molecule has 0 saturated carbocycles. The van der Waals surface area contributed by atoms with Crippen LogP contribution in [0, 0.1) is 0 Å². The average Bonchev–Trinajstić information content (AvgIpc) is 3.14. The number of nitrogens with one attached hydrogen (secondary N) is 1. The minimum Gasteiger partial charge on any atom is -0.346 e. The predicted octanol–water partition coefficient (Wildman–Crippen LogP) is 2.94. The Kier molecular flexibility index (Phi) is 5.63. The number of benzene rings is 2. The maximum Gasteiger partial charge on any atom is 0.261 e. The van der Waals surface area contributed by atoms with Crippen LogP contribution in [-0.4, -0.2) is 45.6 Å². The standard InChI is InChI=1S/C23H25N5O2/c1-26(2)13-14-27-11-9-17-15-18(7-8-21(17)27)25-22(29)10-12-28-16-24-20-6-4-3-5-19(20)23(28)30/h3-9,11,15-16H,10,12-14H2,1-2H3,(H,25,29). The molecule has 154 valence electrons. The summed E-state index contributed by atoms with van der Waals surface area (Å²) < 4.78 is 3.69. The molecule has 0 unspecified atom stereocenters. The number of carbonyl (C=O) groups is 1. The smallest absolute Gasteiger partial charge is 0.261 e. The predicted molar refractivity (Wildman–Crippen MR) is 120 cm³/mol. The van der Waals surface area contributed by atoms with Gasteiger partial charge in [0.25, 0.3) is 5.56 Å². The SMILES string of the molecule is CN(C)CCn1ccc2cc(NC(=O)CCn3cnc4ccccc4c3=O)ccc21. The molecule has 0 aliphatic rings. The van der Waals surface area contributed by atoms with Gasteiger partial charge in [0.05, 0.1) is 17.2 Å². The molecule has 0 spiro atoms. The third kappa shape index (κ3) is 4.26. The molecule has 2 aromatic heterocycles. The van der Waals surface area contributed by atoms with Crippen molar-refractivity contribution in [1.82, 2.24) is 19.0 Å². The van der Waals surface area contributed by atoms with Gasteiger partial charge >= 0.3 is 0 Å². The highest BCUT2D eigenvalue weighted by molar-refractivity contribution is 5.93. The van der Waals surface area contributed by atoms with Crippen molar-refractivity contribution < 1.29 is 4.79 Å². The van der Waals surface area contributed by atoms with Crippen LogP contribution in [-0.2, 0) is 17.9 Å². The van der Waals surface area contributed by atoms with Gasteiger partial charge in [-0.2, -0.15) is 0 Å². The van der Waals surface area contributed by atoms with E-state index in [9.17, 15) is 9.59 Å². The van der Waals surface area contributed by atoms with E-state index in [2.05, 4.69) is 46.1 Å². The van der Waals surface area contributed by atoms with Gasteiger partial charge in [-0.1, -0.05) is 12.1 Å². The number of aromatic nitrogens is 3. The Morgan fingerprint density at radius 1 is 1.07 bits per heavy atom. The van der Waals surface area contributed by atoms with E-state index in [0.29, 0.717) is 10.9 Å². The van der Waals surface area contributed by atoms with E-state index < -0.39 is 0 Å². The van der Waals surface area contributed by atoms with Gasteiger partial charge in [-0.05, 0) is 50.5 Å². The highest BCUT2D eigenvalue weighted by atomic mass is 16.2. The van der Waals surface area contributed by atoms with Crippen LogP contribution in [0.3, 0.4) is 0 Å². The Labute approximate surface area is 174 Å². The molecule has 0 atom stereocenters. The largest absolute Gasteiger partial charge is 0.346 e. The van der Waals surface area contributed by atoms with Crippen molar-refractivity contribution in [1.29, 1.82) is 0 Å². The summed E-state index contributed by atoms with van der Waals surface area (Å²) in [6, 6.07) is 15.2. The minimum absolute atomic E-state index is 0.131. The fourth-order valence-electron chi connectivity index (χ4n) is 3.49. The van der Waals surface area contributed by atoms with Crippen LogP contribution in [0.4, 0.5) is 5.69 Å². The molecule has 4 aromatic rings. The van der Waals surface area contributed by atoms with Gasteiger partial charge in [-0.25, -0.2) is 4.98 Å². The summed E-state index contributed by atoms with van der Waals surface area (Å²) in [7, 11) is 4.11. The van der Waals surface area contributed by atoms with Crippen molar-refractivity contribution >= 4 is 33.4 Å². The zero-order chi connectivity index (χ0) is 21.1. The lowest BCUT2D eigenvalue weighted by Gasteiger charge is -2.11. The number of fused-ring (bicyclic) bond motifs is 2. The molecule has 0 bridgehead atoms. The number of para-hydroxylation sites is 1. The fraction of sp³-hybridized carbons (Fsp3) is 0.261. The van der Waals surface area contributed by atoms with Crippen LogP contribution in [0.1, 0.15) is 6.42 Å². The molecular weight excluding hydrogens is 378 g/mol. The number of nitrogens with zero attached hydrogens (tertiary/aromatic N) is 4. The fourth-order valence-corrected chi connectivity index (χ4v) is 3.49. The number of amides is 1. The highest BCUT2D eigenvalue weighted by Crippen LogP contribution is 2.21. The van der Waals surface area contributed by atoms with Gasteiger partial charge < -0.3 is 14.8 Å². The third-order valence-corrected chi connectivity index (χ3v) is 5.15. The number of carbonyl (C=O) groups excluding carboxylic acids is 1. The first kappa shape index (κ1) is 19.8. The van der Waals surface area contributed by atoms with E-state index >= 15 is 0 Å². The number of anilines is 1. The van der Waals surface area contributed by atoms with Crippen LogP contribution in [0.15, 0.2) is 65.8 Å². The lowest BCUT2D eigenvalue weighted by atomic mass is 10.2. The first-order valence-electron chi connectivity index (χ1n) is 9.99. The van der Waals surface area contributed by atoms with Crippen molar-refractivity contribution in [2.24, 2.45) is 0 Å². The molecule has 1 amide bonds. The van der Waals surface area contributed by atoms with Gasteiger partial charge in [0.1, 0.15) is 0 Å². The highest BCUT2D eigenvalue weighted by Gasteiger charge is 2.08. The first-order valence-corrected chi connectivity index (χ1v) is 9.99. The van der Waals surface area contributed by atoms with Gasteiger partial charge in [0.2, 0.25) is 5.91 Å². The Morgan fingerprint density at radius 3 is 2.73 bits per heavy atom. The minimum atomic E-state index is -0.138. The number of rotatable bonds is 7. The average molecular weight is 403 g/mol. The topological polar surface area (TPSA) is 72.2 Å². The van der Waals surface area contributed by atoms with Gasteiger partial charge in [0, 0.05) is 48.8 Å². The van der Waals surface area contributed by atoms with Gasteiger partial charge in [0.15, 0.2) is 0 Å². The summed E-state index contributed by atoms with van der Waals surface area (Å²) in [4.78, 5) is 31.4. The summed E-state index contributed by atoms with van der Waals surface area (Å²) in [5.41, 5.74) is 2.42. The molecule has 0 radical (unpaired) electrons. The van der Waals surface area contributed by atoms with E-state index in [0.717, 1.165) is 29.7 Å². The first-order chi connectivity index (χ1) is 14.5. The summed E-state index contributed by atoms with van der Waals surface area (Å²) >= 11 is 0. The lowest BCUT2D eigenvalue weighted by molar-refractivity contribution is -0.116. The van der Waals surface area contributed by atoms with Crippen molar-refractivity contribution in [3.63, 3.8) is 0 Å². The van der Waals surface area contributed by atoms with E-state index in [-0.39, 0.29) is 24.4 Å². The molecule has 0 aliphatic heterocycles. The Bertz CT molecular complexity index is 1260. The van der Waals surface area contributed by atoms with E-state index in [1.54, 1.807) is 12.1 Å². The summed E-state index contributed by atoms with van der Waals surface area (Å²) in [6.07, 6.45) is 3.77. The van der Waals surface area contributed by atoms with Gasteiger partial charge in [-0.3, -0.25) is 14.2 Å². The summed E-state index contributed by atoms with van der Waals surface area (Å²) in [6.45, 7) is 2.16. The zero-order valence-corrected chi connectivity index (χ0v) is 17.2. The lowest BCUT2D eigenvalue weighted by Crippen LogP contribution is -2.23. The normalized spacial score (nSPS) is 11.4. The van der Waals surface area contributed by atoms with Crippen molar-refractivity contribution in [2.75, 3.05) is 26.0 Å². The maximum absolute atomic E-state index is 12.5. The molecule has 7 nitrogen and oxygen atoms in total. The van der Waals surface area contributed by atoms with Crippen LogP contribution in [0.5, 0.6) is 0 Å². The molecule has 0 aliphatic carbocycles. The number of aryl methyl sites for hydroxylation is 1. The maximum atomic E-state index is 12.5. The molecule has 4 rings (SSSR count). The molecule has 1 N–H and O–H groups in total. The second-order valence-corrected chi connectivity index (χ2v) is 7.64. The van der Waals surface area contributed by atoms with E-state index in [1.807, 2.05) is 30.3 Å². The second-order valence-electron chi connectivity index (χ2n) is 7.64. The van der Waals surface area contributed by atoms with Crippen molar-refractivity contribution in [2.45, 2.75) is 19.5 Å². The zero-order valence-electron chi connectivity index (χ0n) is 17.2. The molecule has 30 heavy (non-hydrogen) atoms. The summed E-state index contributed by atoms with van der Waals surface area (Å²) in [5, 5.41) is 4.57. The van der Waals surface area contributed by atoms with Crippen molar-refractivity contribution in [3.05, 3.63) is 71.4 Å². The Hall–Kier alpha value is -3.45. The Balaban J connectivity index is 1.41. The van der Waals surface area contributed by atoms with Crippen LogP contribution >= 0.6 is 0 Å². The molecule has 0 saturated heterocycles. The number of likely N-dealkylation sites (N-methyl/N-ethyl adjacent to an activating group) is 1. The number of hydrogen-bond donors (Lipinski definition) is 1. The molecule has 2 aromatic carbocycles. The second kappa shape index (κ2) is 8.51. The quantitative estimate of drug-likeness (QED) is 0.515. The molecule has 7 heteroatoms. The van der Waals surface area contributed by atoms with Crippen LogP contribution in [0.25, 0.3) is 21.8 Å². The molecular formula is C23H25N5O2. The third-order valence-electron chi connectivity index (χ3n) is 5.15.